The monoisotopic (exact) mass is 343 g/mol. The molecule has 0 bridgehead atoms. The lowest BCUT2D eigenvalue weighted by molar-refractivity contribution is 0.101. The fourth-order valence-corrected chi connectivity index (χ4v) is 2.79. The van der Waals surface area contributed by atoms with Crippen molar-refractivity contribution in [3.05, 3.63) is 64.2 Å². The lowest BCUT2D eigenvalue weighted by Crippen LogP contribution is -2.17. The van der Waals surface area contributed by atoms with Gasteiger partial charge in [-0.25, -0.2) is 0 Å². The van der Waals surface area contributed by atoms with Gasteiger partial charge in [0.2, 0.25) is 0 Å². The van der Waals surface area contributed by atoms with Gasteiger partial charge in [-0.1, -0.05) is 29.8 Å². The molecule has 0 saturated heterocycles. The first kappa shape index (κ1) is 16.3. The number of aromatic nitrogens is 4. The van der Waals surface area contributed by atoms with Gasteiger partial charge in [0.1, 0.15) is 5.69 Å². The van der Waals surface area contributed by atoms with Gasteiger partial charge in [-0.2, -0.15) is 10.2 Å². The zero-order valence-corrected chi connectivity index (χ0v) is 14.5. The SMILES string of the molecule is Cc1nn(Cc2ccccc2Cl)c(C)c1NC(=O)c1ccnn1C. The maximum absolute atomic E-state index is 12.4. The topological polar surface area (TPSA) is 64.7 Å². The summed E-state index contributed by atoms with van der Waals surface area (Å²) in [6.45, 7) is 4.35. The van der Waals surface area contributed by atoms with E-state index in [2.05, 4.69) is 15.5 Å². The Morgan fingerprint density at radius 1 is 1.25 bits per heavy atom. The van der Waals surface area contributed by atoms with Crippen LogP contribution in [-0.2, 0) is 13.6 Å². The van der Waals surface area contributed by atoms with Gasteiger partial charge in [0.05, 0.1) is 23.6 Å². The zero-order chi connectivity index (χ0) is 17.3. The second-order valence-corrected chi connectivity index (χ2v) is 6.00. The molecule has 0 aliphatic carbocycles. The summed E-state index contributed by atoms with van der Waals surface area (Å²) in [6.07, 6.45) is 1.59. The van der Waals surface area contributed by atoms with E-state index in [1.807, 2.05) is 42.8 Å². The van der Waals surface area contributed by atoms with Crippen molar-refractivity contribution in [3.8, 4) is 0 Å². The van der Waals surface area contributed by atoms with E-state index < -0.39 is 0 Å². The summed E-state index contributed by atoms with van der Waals surface area (Å²) in [5, 5.41) is 12.2. The molecule has 3 rings (SSSR count). The van der Waals surface area contributed by atoms with Crippen molar-refractivity contribution in [1.82, 2.24) is 19.6 Å². The smallest absolute Gasteiger partial charge is 0.274 e. The van der Waals surface area contributed by atoms with Crippen molar-refractivity contribution >= 4 is 23.2 Å². The highest BCUT2D eigenvalue weighted by atomic mass is 35.5. The number of nitrogens with one attached hydrogen (secondary N) is 1. The first-order valence-electron chi connectivity index (χ1n) is 7.54. The third kappa shape index (κ3) is 3.05. The van der Waals surface area contributed by atoms with E-state index in [1.54, 1.807) is 19.3 Å². The predicted molar refractivity (Wildman–Crippen MR) is 93.4 cm³/mol. The normalized spacial score (nSPS) is 10.8. The average molecular weight is 344 g/mol. The molecule has 1 N–H and O–H groups in total. The Balaban J connectivity index is 1.86. The van der Waals surface area contributed by atoms with Gasteiger partial charge >= 0.3 is 0 Å². The Kier molecular flexibility index (Phi) is 4.40. The molecule has 24 heavy (non-hydrogen) atoms. The molecule has 0 aliphatic heterocycles. The minimum atomic E-state index is -0.210. The minimum Gasteiger partial charge on any atom is -0.317 e. The van der Waals surface area contributed by atoms with Crippen LogP contribution in [0.5, 0.6) is 0 Å². The van der Waals surface area contributed by atoms with E-state index in [0.29, 0.717) is 22.9 Å². The van der Waals surface area contributed by atoms with Crippen LogP contribution in [-0.4, -0.2) is 25.5 Å². The van der Waals surface area contributed by atoms with E-state index in [9.17, 15) is 4.79 Å². The highest BCUT2D eigenvalue weighted by Gasteiger charge is 2.17. The van der Waals surface area contributed by atoms with Crippen LogP contribution in [0, 0.1) is 13.8 Å². The van der Waals surface area contributed by atoms with Crippen LogP contribution in [0.15, 0.2) is 36.5 Å². The number of hydrogen-bond acceptors (Lipinski definition) is 3. The molecule has 2 heterocycles. The van der Waals surface area contributed by atoms with Gasteiger partial charge in [0.15, 0.2) is 0 Å². The van der Waals surface area contributed by atoms with Crippen LogP contribution in [0.1, 0.15) is 27.4 Å². The molecule has 124 valence electrons. The predicted octanol–water partition coefficient (Wildman–Crippen LogP) is 3.19. The number of aryl methyl sites for hydroxylation is 2. The van der Waals surface area contributed by atoms with Crippen molar-refractivity contribution in [1.29, 1.82) is 0 Å². The van der Waals surface area contributed by atoms with Crippen LogP contribution >= 0.6 is 11.6 Å². The van der Waals surface area contributed by atoms with Crippen molar-refractivity contribution in [3.63, 3.8) is 0 Å². The Bertz CT molecular complexity index is 896. The maximum Gasteiger partial charge on any atom is 0.274 e. The number of benzene rings is 1. The molecule has 6 nitrogen and oxygen atoms in total. The molecule has 7 heteroatoms. The van der Waals surface area contributed by atoms with Crippen LogP contribution in [0.4, 0.5) is 5.69 Å². The van der Waals surface area contributed by atoms with Gasteiger partial charge in [0.25, 0.3) is 5.91 Å². The Hall–Kier alpha value is -2.60. The number of anilines is 1. The Labute approximate surface area is 145 Å². The number of carbonyl (C=O) groups excluding carboxylic acids is 1. The Morgan fingerprint density at radius 2 is 2.00 bits per heavy atom. The second-order valence-electron chi connectivity index (χ2n) is 5.59. The average Bonchev–Trinajstić information content (AvgIpc) is 3.08. The minimum absolute atomic E-state index is 0.210. The zero-order valence-electron chi connectivity index (χ0n) is 13.7. The van der Waals surface area contributed by atoms with Gasteiger partial charge in [-0.15, -0.1) is 0 Å². The molecule has 0 atom stereocenters. The van der Waals surface area contributed by atoms with E-state index in [-0.39, 0.29) is 5.91 Å². The summed E-state index contributed by atoms with van der Waals surface area (Å²) in [7, 11) is 1.73. The van der Waals surface area contributed by atoms with Crippen molar-refractivity contribution < 1.29 is 4.79 Å². The number of nitrogens with zero attached hydrogens (tertiary/aromatic N) is 4. The Morgan fingerprint density at radius 3 is 2.67 bits per heavy atom. The fraction of sp³-hybridized carbons (Fsp3) is 0.235. The standard InChI is InChI=1S/C17H18ClN5O/c1-11-16(20-17(24)15-8-9-19-22(15)3)12(2)23(21-11)10-13-6-4-5-7-14(13)18/h4-9H,10H2,1-3H3,(H,20,24). The second kappa shape index (κ2) is 6.49. The molecule has 2 aromatic heterocycles. The lowest BCUT2D eigenvalue weighted by Gasteiger charge is -2.08. The van der Waals surface area contributed by atoms with Crippen LogP contribution in [0.2, 0.25) is 5.02 Å². The largest absolute Gasteiger partial charge is 0.317 e. The summed E-state index contributed by atoms with van der Waals surface area (Å²) in [4.78, 5) is 12.4. The first-order chi connectivity index (χ1) is 11.5. The third-order valence-electron chi connectivity index (χ3n) is 3.95. The van der Waals surface area contributed by atoms with Gasteiger partial charge < -0.3 is 5.32 Å². The molecule has 0 fully saturated rings. The summed E-state index contributed by atoms with van der Waals surface area (Å²) in [5.41, 5.74) is 3.83. The summed E-state index contributed by atoms with van der Waals surface area (Å²) in [6, 6.07) is 9.33. The fourth-order valence-electron chi connectivity index (χ4n) is 2.59. The van der Waals surface area contributed by atoms with E-state index in [0.717, 1.165) is 17.0 Å². The third-order valence-corrected chi connectivity index (χ3v) is 4.32. The molecular formula is C17H18ClN5O. The summed E-state index contributed by atoms with van der Waals surface area (Å²) >= 11 is 6.22. The van der Waals surface area contributed by atoms with Gasteiger partial charge in [-0.3, -0.25) is 14.2 Å². The van der Waals surface area contributed by atoms with E-state index in [1.165, 1.54) is 4.68 Å². The van der Waals surface area contributed by atoms with E-state index >= 15 is 0 Å². The first-order valence-corrected chi connectivity index (χ1v) is 7.92. The van der Waals surface area contributed by atoms with Crippen molar-refractivity contribution in [2.75, 3.05) is 5.32 Å². The van der Waals surface area contributed by atoms with E-state index in [4.69, 9.17) is 11.6 Å². The summed E-state index contributed by atoms with van der Waals surface area (Å²) < 4.78 is 3.38. The molecular weight excluding hydrogens is 326 g/mol. The molecule has 0 aliphatic rings. The van der Waals surface area contributed by atoms with Crippen LogP contribution in [0.25, 0.3) is 0 Å². The molecule has 0 unspecified atom stereocenters. The quantitative estimate of drug-likeness (QED) is 0.791. The number of amides is 1. The molecule has 0 spiro atoms. The molecule has 1 aromatic carbocycles. The van der Waals surface area contributed by atoms with Crippen LogP contribution < -0.4 is 5.32 Å². The van der Waals surface area contributed by atoms with Gasteiger partial charge in [-0.05, 0) is 31.5 Å². The number of hydrogen-bond donors (Lipinski definition) is 1. The highest BCUT2D eigenvalue weighted by Crippen LogP contribution is 2.23. The van der Waals surface area contributed by atoms with Gasteiger partial charge in [0, 0.05) is 18.3 Å². The number of carbonyl (C=O) groups is 1. The molecule has 0 saturated carbocycles. The lowest BCUT2D eigenvalue weighted by atomic mass is 10.2. The number of rotatable bonds is 4. The van der Waals surface area contributed by atoms with Crippen molar-refractivity contribution in [2.45, 2.75) is 20.4 Å². The summed E-state index contributed by atoms with van der Waals surface area (Å²) in [5.74, 6) is -0.210. The molecule has 3 aromatic rings. The van der Waals surface area contributed by atoms with Crippen molar-refractivity contribution in [2.24, 2.45) is 7.05 Å². The molecule has 0 radical (unpaired) electrons. The van der Waals surface area contributed by atoms with Crippen LogP contribution in [0.3, 0.4) is 0 Å². The molecule has 1 amide bonds. The maximum atomic E-state index is 12.4. The number of halogens is 1. The highest BCUT2D eigenvalue weighted by molar-refractivity contribution is 6.31.